The second-order valence-corrected chi connectivity index (χ2v) is 8.52. The molecule has 0 saturated carbocycles. The third kappa shape index (κ3) is 3.38. The third-order valence-electron chi connectivity index (χ3n) is 4.91. The van der Waals surface area contributed by atoms with E-state index >= 15 is 0 Å². The van der Waals surface area contributed by atoms with Gasteiger partial charge >= 0.3 is 0 Å². The van der Waals surface area contributed by atoms with Gasteiger partial charge in [-0.25, -0.2) is 4.98 Å². The van der Waals surface area contributed by atoms with Crippen molar-refractivity contribution in [2.75, 3.05) is 11.4 Å². The van der Waals surface area contributed by atoms with Crippen molar-refractivity contribution in [1.29, 1.82) is 0 Å². The lowest BCUT2D eigenvalue weighted by Gasteiger charge is -2.24. The fourth-order valence-electron chi connectivity index (χ4n) is 3.58. The number of hydrogen-bond donors (Lipinski definition) is 0. The normalized spacial score (nSPS) is 11.2. The molecular weight excluding hydrogens is 386 g/mol. The first-order chi connectivity index (χ1) is 13.5. The van der Waals surface area contributed by atoms with Gasteiger partial charge in [0, 0.05) is 22.7 Å². The van der Waals surface area contributed by atoms with Gasteiger partial charge in [-0.05, 0) is 62.6 Å². The molecule has 4 rings (SSSR count). The number of aromatic nitrogens is 2. The Morgan fingerprint density at radius 1 is 0.964 bits per heavy atom. The summed E-state index contributed by atoms with van der Waals surface area (Å²) in [5.41, 5.74) is 5.94. The molecule has 0 aliphatic carbocycles. The van der Waals surface area contributed by atoms with Crippen LogP contribution in [0.1, 0.15) is 22.9 Å². The minimum Gasteiger partial charge on any atom is -0.326 e. The maximum absolute atomic E-state index is 6.33. The molecule has 2 heterocycles. The smallest absolute Gasteiger partial charge is 0.225 e. The highest BCUT2D eigenvalue weighted by Gasteiger charge is 2.22. The highest BCUT2D eigenvalue weighted by molar-refractivity contribution is 7.19. The van der Waals surface area contributed by atoms with Crippen molar-refractivity contribution >= 4 is 44.7 Å². The number of fused-ring (bicyclic) bond motifs is 1. The van der Waals surface area contributed by atoms with E-state index in [1.807, 2.05) is 0 Å². The first-order valence-corrected chi connectivity index (χ1v) is 10.5. The summed E-state index contributed by atoms with van der Waals surface area (Å²) in [6.45, 7) is 9.27. The van der Waals surface area contributed by atoms with Crippen molar-refractivity contribution in [2.24, 2.45) is 0 Å². The maximum Gasteiger partial charge on any atom is 0.225 e. The van der Waals surface area contributed by atoms with Crippen LogP contribution >= 0.6 is 22.9 Å². The van der Waals surface area contributed by atoms with Gasteiger partial charge in [0.25, 0.3) is 0 Å². The number of thiophene rings is 1. The van der Waals surface area contributed by atoms with Crippen LogP contribution in [-0.2, 0) is 0 Å². The Morgan fingerprint density at radius 2 is 1.71 bits per heavy atom. The zero-order valence-corrected chi connectivity index (χ0v) is 18.0. The molecule has 0 aliphatic heterocycles. The average molecular weight is 408 g/mol. The van der Waals surface area contributed by atoms with Gasteiger partial charge in [-0.15, -0.1) is 11.3 Å². The van der Waals surface area contributed by atoms with Gasteiger partial charge in [0.05, 0.1) is 5.39 Å². The summed E-state index contributed by atoms with van der Waals surface area (Å²) < 4.78 is 0. The van der Waals surface area contributed by atoms with Crippen LogP contribution in [-0.4, -0.2) is 16.5 Å². The zero-order chi connectivity index (χ0) is 19.8. The average Bonchev–Trinajstić information content (AvgIpc) is 2.98. The highest BCUT2D eigenvalue weighted by atomic mass is 35.5. The van der Waals surface area contributed by atoms with Crippen LogP contribution in [0, 0.1) is 20.8 Å². The molecule has 5 heteroatoms. The minimum atomic E-state index is 0.283. The zero-order valence-electron chi connectivity index (χ0n) is 16.5. The van der Waals surface area contributed by atoms with Crippen molar-refractivity contribution in [1.82, 2.24) is 9.97 Å². The monoisotopic (exact) mass is 407 g/mol. The summed E-state index contributed by atoms with van der Waals surface area (Å²) in [6.07, 6.45) is 0. The van der Waals surface area contributed by atoms with Crippen LogP contribution in [0.25, 0.3) is 21.3 Å². The van der Waals surface area contributed by atoms with Gasteiger partial charge in [-0.2, -0.15) is 4.98 Å². The largest absolute Gasteiger partial charge is 0.326 e. The number of nitrogens with zero attached hydrogens (tertiary/aromatic N) is 3. The van der Waals surface area contributed by atoms with Crippen molar-refractivity contribution in [3.8, 4) is 11.1 Å². The molecule has 0 spiro atoms. The van der Waals surface area contributed by atoms with Crippen LogP contribution in [0.15, 0.2) is 48.5 Å². The Bertz CT molecular complexity index is 1150. The maximum atomic E-state index is 6.33. The van der Waals surface area contributed by atoms with Crippen LogP contribution in [0.4, 0.5) is 11.5 Å². The lowest BCUT2D eigenvalue weighted by molar-refractivity contribution is 0.990. The fourth-order valence-corrected chi connectivity index (χ4v) is 4.84. The first kappa shape index (κ1) is 18.9. The Kier molecular flexibility index (Phi) is 5.09. The van der Waals surface area contributed by atoms with E-state index < -0.39 is 0 Å². The number of anilines is 2. The van der Waals surface area contributed by atoms with E-state index in [1.54, 1.807) is 11.3 Å². The molecule has 0 unspecified atom stereocenters. The van der Waals surface area contributed by atoms with E-state index in [9.17, 15) is 0 Å². The van der Waals surface area contributed by atoms with Crippen LogP contribution in [0.3, 0.4) is 0 Å². The summed E-state index contributed by atoms with van der Waals surface area (Å²) in [5.74, 6) is 0.864. The number of benzene rings is 2. The number of rotatable bonds is 4. The predicted octanol–water partition coefficient (Wildman–Crippen LogP) is 7.09. The fraction of sp³-hybridized carbons (Fsp3) is 0.217. The van der Waals surface area contributed by atoms with Gasteiger partial charge in [0.15, 0.2) is 0 Å². The minimum absolute atomic E-state index is 0.283. The summed E-state index contributed by atoms with van der Waals surface area (Å²) in [5, 5.41) is 1.35. The van der Waals surface area contributed by atoms with E-state index in [-0.39, 0.29) is 5.28 Å². The summed E-state index contributed by atoms with van der Waals surface area (Å²) >= 11 is 8.00. The number of aryl methyl sites for hydroxylation is 3. The van der Waals surface area contributed by atoms with Crippen molar-refractivity contribution in [3.05, 3.63) is 69.8 Å². The van der Waals surface area contributed by atoms with Crippen molar-refractivity contribution in [3.63, 3.8) is 0 Å². The van der Waals surface area contributed by atoms with E-state index in [0.29, 0.717) is 0 Å². The molecule has 0 N–H and O–H groups in total. The molecule has 0 radical (unpaired) electrons. The lowest BCUT2D eigenvalue weighted by atomic mass is 10.0. The second-order valence-electron chi connectivity index (χ2n) is 6.98. The molecule has 0 saturated heterocycles. The number of hydrogen-bond acceptors (Lipinski definition) is 4. The third-order valence-corrected chi connectivity index (χ3v) is 6.07. The summed E-state index contributed by atoms with van der Waals surface area (Å²) in [7, 11) is 0. The van der Waals surface area contributed by atoms with Crippen LogP contribution in [0.2, 0.25) is 5.28 Å². The van der Waals surface area contributed by atoms with Gasteiger partial charge in [0.2, 0.25) is 5.28 Å². The molecule has 0 bridgehead atoms. The Labute approximate surface area is 174 Å². The molecule has 3 nitrogen and oxygen atoms in total. The highest BCUT2D eigenvalue weighted by Crippen LogP contribution is 2.43. The van der Waals surface area contributed by atoms with Crippen LogP contribution in [0.5, 0.6) is 0 Å². The Hall–Kier alpha value is -2.43. The van der Waals surface area contributed by atoms with Gasteiger partial charge < -0.3 is 4.90 Å². The molecule has 2 aromatic carbocycles. The molecule has 0 amide bonds. The molecule has 2 aromatic heterocycles. The predicted molar refractivity (Wildman–Crippen MR) is 121 cm³/mol. The molecular formula is C23H22ClN3S. The van der Waals surface area contributed by atoms with Crippen LogP contribution < -0.4 is 4.90 Å². The molecule has 4 aromatic rings. The standard InChI is InChI=1S/C23H22ClN3S/c1-5-27(18-8-6-7-15(3)13-18)21-20-19(17-11-9-14(2)10-12-17)16(4)28-22(20)26-23(24)25-21/h6-13H,5H2,1-4H3. The SMILES string of the molecule is CCN(c1cccc(C)c1)c1nc(Cl)nc2sc(C)c(-c3ccc(C)cc3)c12. The Balaban J connectivity index is 2.01. The van der Waals surface area contributed by atoms with E-state index in [0.717, 1.165) is 28.3 Å². The molecule has 0 fully saturated rings. The molecule has 142 valence electrons. The number of halogens is 1. The van der Waals surface area contributed by atoms with Crippen molar-refractivity contribution in [2.45, 2.75) is 27.7 Å². The molecule has 0 atom stereocenters. The molecule has 28 heavy (non-hydrogen) atoms. The first-order valence-electron chi connectivity index (χ1n) is 9.35. The quantitative estimate of drug-likeness (QED) is 0.338. The summed E-state index contributed by atoms with van der Waals surface area (Å²) in [6, 6.07) is 17.1. The Morgan fingerprint density at radius 3 is 2.39 bits per heavy atom. The van der Waals surface area contributed by atoms with E-state index in [2.05, 4.69) is 91.1 Å². The van der Waals surface area contributed by atoms with E-state index in [4.69, 9.17) is 11.6 Å². The van der Waals surface area contributed by atoms with E-state index in [1.165, 1.54) is 27.1 Å². The topological polar surface area (TPSA) is 29.0 Å². The lowest BCUT2D eigenvalue weighted by Crippen LogP contribution is -2.18. The summed E-state index contributed by atoms with van der Waals surface area (Å²) in [4.78, 5) is 13.6. The van der Waals surface area contributed by atoms with Gasteiger partial charge in [-0.3, -0.25) is 0 Å². The second kappa shape index (κ2) is 7.53. The van der Waals surface area contributed by atoms with Gasteiger partial charge in [0.1, 0.15) is 10.6 Å². The molecule has 0 aliphatic rings. The van der Waals surface area contributed by atoms with Gasteiger partial charge in [-0.1, -0.05) is 42.0 Å². The van der Waals surface area contributed by atoms with Crippen molar-refractivity contribution < 1.29 is 0 Å².